The first-order chi connectivity index (χ1) is 6.00. The Kier molecular flexibility index (Phi) is 9.47. The van der Waals surface area contributed by atoms with Crippen LogP contribution in [0.1, 0.15) is 8.55 Å². The summed E-state index contributed by atoms with van der Waals surface area (Å²) >= 11 is 9.13. The molecule has 0 fully saturated rings. The SMILES string of the molecule is CN(C)c1c(S)c(C=S)n(C)c1O.[H-].[H-].[Na+].[Na+]. The maximum Gasteiger partial charge on any atom is 1.00 e. The van der Waals surface area contributed by atoms with E-state index in [-0.39, 0.29) is 67.8 Å². The Hall–Kier alpha value is 1.32. The van der Waals surface area contributed by atoms with E-state index in [1.807, 2.05) is 14.1 Å². The minimum absolute atomic E-state index is 0. The van der Waals surface area contributed by atoms with Crippen molar-refractivity contribution in [3.05, 3.63) is 5.69 Å². The molecule has 0 aliphatic carbocycles. The zero-order valence-corrected chi connectivity index (χ0v) is 15.5. The zero-order valence-electron chi connectivity index (χ0n) is 11.8. The predicted molar refractivity (Wildman–Crippen MR) is 63.6 cm³/mol. The number of rotatable bonds is 2. The first-order valence-corrected chi connectivity index (χ1v) is 4.65. The Morgan fingerprint density at radius 3 is 2.13 bits per heavy atom. The van der Waals surface area contributed by atoms with Crippen molar-refractivity contribution in [1.82, 2.24) is 4.57 Å². The van der Waals surface area contributed by atoms with E-state index in [2.05, 4.69) is 12.6 Å². The molecular formula is C8H14N2Na2OS2. The second-order valence-electron chi connectivity index (χ2n) is 2.98. The first-order valence-electron chi connectivity index (χ1n) is 3.73. The van der Waals surface area contributed by atoms with Crippen molar-refractivity contribution in [2.75, 3.05) is 19.0 Å². The molecule has 0 atom stereocenters. The molecule has 1 aromatic heterocycles. The van der Waals surface area contributed by atoms with Crippen molar-refractivity contribution >= 4 is 35.9 Å². The third-order valence-corrected chi connectivity index (χ3v) is 2.58. The summed E-state index contributed by atoms with van der Waals surface area (Å²) in [6.07, 6.45) is 0. The number of aromatic hydroxyl groups is 1. The van der Waals surface area contributed by atoms with E-state index in [4.69, 9.17) is 12.2 Å². The molecular weight excluding hydrogens is 250 g/mol. The average molecular weight is 264 g/mol. The summed E-state index contributed by atoms with van der Waals surface area (Å²) < 4.78 is 1.62. The van der Waals surface area contributed by atoms with E-state index in [1.54, 1.807) is 16.5 Å². The number of anilines is 1. The maximum atomic E-state index is 9.71. The number of nitrogens with zero attached hydrogens (tertiary/aromatic N) is 2. The van der Waals surface area contributed by atoms with Crippen molar-refractivity contribution in [3.8, 4) is 5.88 Å². The fraction of sp³-hybridized carbons (Fsp3) is 0.375. The van der Waals surface area contributed by atoms with Gasteiger partial charge in [0.05, 0.1) is 10.6 Å². The fourth-order valence-corrected chi connectivity index (χ4v) is 2.08. The van der Waals surface area contributed by atoms with Crippen LogP contribution in [0.15, 0.2) is 4.90 Å². The number of hydrogen-bond donors (Lipinski definition) is 2. The molecule has 7 heteroatoms. The second kappa shape index (κ2) is 7.61. The summed E-state index contributed by atoms with van der Waals surface area (Å²) in [5, 5.41) is 11.2. The van der Waals surface area contributed by atoms with Gasteiger partial charge in [-0.3, -0.25) is 0 Å². The van der Waals surface area contributed by atoms with Crippen LogP contribution in [0.5, 0.6) is 5.88 Å². The van der Waals surface area contributed by atoms with Crippen LogP contribution in [0.2, 0.25) is 0 Å². The van der Waals surface area contributed by atoms with Crippen LogP contribution < -0.4 is 64.0 Å². The smallest absolute Gasteiger partial charge is 1.00 e. The molecule has 1 heterocycles. The summed E-state index contributed by atoms with van der Waals surface area (Å²) in [7, 11) is 5.45. The molecule has 15 heavy (non-hydrogen) atoms. The summed E-state index contributed by atoms with van der Waals surface area (Å²) in [5.74, 6) is 0.186. The molecule has 0 saturated carbocycles. The molecule has 0 bridgehead atoms. The number of hydrogen-bond acceptors (Lipinski definition) is 4. The Morgan fingerprint density at radius 2 is 1.93 bits per heavy atom. The van der Waals surface area contributed by atoms with Crippen LogP contribution in [0.3, 0.4) is 0 Å². The summed E-state index contributed by atoms with van der Waals surface area (Å²) in [5.41, 5.74) is 1.45. The Morgan fingerprint density at radius 1 is 1.47 bits per heavy atom. The van der Waals surface area contributed by atoms with Gasteiger partial charge in [-0.1, -0.05) is 12.2 Å². The molecule has 1 N–H and O–H groups in total. The van der Waals surface area contributed by atoms with E-state index in [9.17, 15) is 5.11 Å². The van der Waals surface area contributed by atoms with Gasteiger partial charge in [-0.15, -0.1) is 12.6 Å². The van der Waals surface area contributed by atoms with Gasteiger partial charge in [0.15, 0.2) is 0 Å². The molecule has 0 spiro atoms. The molecule has 1 aromatic rings. The molecule has 1 rings (SSSR count). The Labute approximate surface area is 148 Å². The summed E-state index contributed by atoms with van der Waals surface area (Å²) in [6, 6.07) is 0. The topological polar surface area (TPSA) is 28.4 Å². The fourth-order valence-electron chi connectivity index (χ4n) is 1.21. The quantitative estimate of drug-likeness (QED) is 0.321. The molecule has 0 aromatic carbocycles. The van der Waals surface area contributed by atoms with Gasteiger partial charge in [-0.05, 0) is 0 Å². The molecule has 0 aliphatic rings. The van der Waals surface area contributed by atoms with Gasteiger partial charge >= 0.3 is 59.1 Å². The van der Waals surface area contributed by atoms with Gasteiger partial charge in [-0.25, -0.2) is 0 Å². The van der Waals surface area contributed by atoms with Crippen molar-refractivity contribution in [2.45, 2.75) is 4.90 Å². The Balaban J connectivity index is -0.000000211. The maximum absolute atomic E-state index is 9.71. The van der Waals surface area contributed by atoms with Gasteiger partial charge in [0.25, 0.3) is 0 Å². The monoisotopic (exact) mass is 264 g/mol. The number of aromatic nitrogens is 1. The predicted octanol–water partition coefficient (Wildman–Crippen LogP) is -4.33. The van der Waals surface area contributed by atoms with Gasteiger partial charge in [0.1, 0.15) is 5.69 Å². The van der Waals surface area contributed by atoms with E-state index >= 15 is 0 Å². The van der Waals surface area contributed by atoms with Gasteiger partial charge in [0.2, 0.25) is 5.88 Å². The standard InChI is InChI=1S/C8H12N2OS2.2Na.2H/c1-9(2)6-7(13)5(4-12)10(3)8(6)11;;;;/h4,11,13H,1-3H3;;;;/q;2*+1;2*-1. The van der Waals surface area contributed by atoms with Crippen LogP contribution in [0, 0.1) is 0 Å². The number of thiocarbonyl (C=S) groups is 1. The van der Waals surface area contributed by atoms with E-state index in [0.29, 0.717) is 10.6 Å². The van der Waals surface area contributed by atoms with Crippen molar-refractivity contribution in [2.24, 2.45) is 7.05 Å². The largest absolute Gasteiger partial charge is 1.00 e. The van der Waals surface area contributed by atoms with Gasteiger partial charge in [-0.2, -0.15) is 0 Å². The normalized spacial score (nSPS) is 8.80. The minimum Gasteiger partial charge on any atom is -1.00 e. The molecule has 0 unspecified atom stereocenters. The first kappa shape index (κ1) is 18.7. The third kappa shape index (κ3) is 3.64. The Bertz CT molecular complexity index is 362. The number of thiol groups is 1. The van der Waals surface area contributed by atoms with Crippen LogP contribution in [-0.4, -0.2) is 29.1 Å². The van der Waals surface area contributed by atoms with Crippen LogP contribution in [0.25, 0.3) is 0 Å². The molecule has 76 valence electrons. The summed E-state index contributed by atoms with van der Waals surface area (Å²) in [4.78, 5) is 2.51. The molecule has 0 saturated heterocycles. The van der Waals surface area contributed by atoms with Crippen molar-refractivity contribution in [1.29, 1.82) is 0 Å². The van der Waals surface area contributed by atoms with E-state index in [1.165, 1.54) is 5.37 Å². The van der Waals surface area contributed by atoms with Crippen LogP contribution >= 0.6 is 24.8 Å². The molecule has 0 amide bonds. The molecule has 0 aliphatic heterocycles. The molecule has 0 radical (unpaired) electrons. The second-order valence-corrected chi connectivity index (χ2v) is 3.66. The van der Waals surface area contributed by atoms with Crippen LogP contribution in [0.4, 0.5) is 5.69 Å². The summed E-state index contributed by atoms with van der Waals surface area (Å²) in [6.45, 7) is 0. The van der Waals surface area contributed by atoms with E-state index < -0.39 is 0 Å². The van der Waals surface area contributed by atoms with E-state index in [0.717, 1.165) is 5.69 Å². The minimum atomic E-state index is 0. The van der Waals surface area contributed by atoms with Crippen molar-refractivity contribution in [3.63, 3.8) is 0 Å². The van der Waals surface area contributed by atoms with Gasteiger partial charge < -0.3 is 17.4 Å². The van der Waals surface area contributed by atoms with Gasteiger partial charge in [0, 0.05) is 26.5 Å². The average Bonchev–Trinajstić information content (AvgIpc) is 2.24. The molecule has 3 nitrogen and oxygen atoms in total. The third-order valence-electron chi connectivity index (χ3n) is 1.92. The van der Waals surface area contributed by atoms with Crippen LogP contribution in [-0.2, 0) is 7.05 Å². The zero-order chi connectivity index (χ0) is 10.2. The van der Waals surface area contributed by atoms with Crippen molar-refractivity contribution < 1.29 is 67.1 Å².